The Kier molecular flexibility index (Phi) is 3.16. The number of nitrogens with zero attached hydrogens (tertiary/aromatic N) is 3. The number of aromatic nitrogens is 2. The summed E-state index contributed by atoms with van der Waals surface area (Å²) in [6.45, 7) is 1.76. The van der Waals surface area contributed by atoms with Gasteiger partial charge in [-0.1, -0.05) is 0 Å². The molecule has 1 atom stereocenters. The summed E-state index contributed by atoms with van der Waals surface area (Å²) < 4.78 is 8.61. The molecule has 23 heavy (non-hydrogen) atoms. The molecule has 4 rings (SSSR count). The molecule has 0 radical (unpaired) electrons. The topological polar surface area (TPSA) is 46.8 Å². The lowest BCUT2D eigenvalue weighted by Gasteiger charge is -2.30. The highest BCUT2D eigenvalue weighted by atomic mass is 79.9. The van der Waals surface area contributed by atoms with Gasteiger partial charge in [0.1, 0.15) is 11.4 Å². The number of amides is 1. The van der Waals surface area contributed by atoms with Crippen LogP contribution in [0.4, 0.5) is 5.69 Å². The summed E-state index contributed by atoms with van der Waals surface area (Å²) >= 11 is 3.46. The molecule has 6 heteroatoms. The minimum Gasteiger partial charge on any atom is -0.479 e. The highest BCUT2D eigenvalue weighted by Gasteiger charge is 2.29. The Labute approximate surface area is 141 Å². The lowest BCUT2D eigenvalue weighted by Crippen LogP contribution is -2.41. The number of hydrogen-bond acceptors (Lipinski definition) is 3. The minimum absolute atomic E-state index is 0.0476. The number of rotatable bonds is 1. The van der Waals surface area contributed by atoms with Crippen LogP contribution >= 0.6 is 15.9 Å². The number of carbonyl (C=O) groups is 1. The molecule has 1 aliphatic heterocycles. The molecule has 0 saturated heterocycles. The van der Waals surface area contributed by atoms with E-state index in [1.165, 1.54) is 0 Å². The van der Waals surface area contributed by atoms with Gasteiger partial charge >= 0.3 is 0 Å². The number of pyridine rings is 1. The molecule has 1 unspecified atom stereocenters. The van der Waals surface area contributed by atoms with E-state index in [1.807, 2.05) is 47.1 Å². The first-order chi connectivity index (χ1) is 11.0. The summed E-state index contributed by atoms with van der Waals surface area (Å²) in [4.78, 5) is 18.4. The first-order valence-corrected chi connectivity index (χ1v) is 8.05. The second-order valence-electron chi connectivity index (χ2n) is 5.58. The van der Waals surface area contributed by atoms with E-state index < -0.39 is 6.10 Å². The molecule has 0 aliphatic carbocycles. The second kappa shape index (κ2) is 5.09. The number of halogens is 1. The van der Waals surface area contributed by atoms with Gasteiger partial charge < -0.3 is 14.0 Å². The van der Waals surface area contributed by atoms with Gasteiger partial charge in [-0.25, -0.2) is 4.98 Å². The summed E-state index contributed by atoms with van der Waals surface area (Å²) in [7, 11) is 1.77. The fraction of sp³-hybridized carbons (Fsp3) is 0.176. The summed E-state index contributed by atoms with van der Waals surface area (Å²) in [5.41, 5.74) is 3.44. The number of benzene rings is 1. The quantitative estimate of drug-likeness (QED) is 0.657. The van der Waals surface area contributed by atoms with Crippen molar-refractivity contribution in [1.82, 2.24) is 9.38 Å². The van der Waals surface area contributed by atoms with Crippen molar-refractivity contribution in [3.8, 4) is 17.0 Å². The average molecular weight is 372 g/mol. The summed E-state index contributed by atoms with van der Waals surface area (Å²) in [6.07, 6.45) is 3.48. The predicted octanol–water partition coefficient (Wildman–Crippen LogP) is 3.51. The van der Waals surface area contributed by atoms with Crippen LogP contribution in [0.2, 0.25) is 0 Å². The van der Waals surface area contributed by atoms with Crippen molar-refractivity contribution in [1.29, 1.82) is 0 Å². The van der Waals surface area contributed by atoms with Gasteiger partial charge in [-0.3, -0.25) is 4.79 Å². The van der Waals surface area contributed by atoms with Gasteiger partial charge in [-0.2, -0.15) is 0 Å². The predicted molar refractivity (Wildman–Crippen MR) is 91.8 cm³/mol. The van der Waals surface area contributed by atoms with Gasteiger partial charge in [0, 0.05) is 29.5 Å². The Morgan fingerprint density at radius 2 is 2.04 bits per heavy atom. The van der Waals surface area contributed by atoms with Crippen LogP contribution in [0.3, 0.4) is 0 Å². The standard InChI is InChI=1S/C17H14BrN3O2/c1-10-17(22)20(2)14-7-11(3-5-15(14)23-10)13-9-21-8-12(18)4-6-16(21)19-13/h3-10H,1-2H3. The first kappa shape index (κ1) is 14.3. The molecule has 5 nitrogen and oxygen atoms in total. The molecule has 2 aromatic heterocycles. The first-order valence-electron chi connectivity index (χ1n) is 7.26. The molecule has 116 valence electrons. The summed E-state index contributed by atoms with van der Waals surface area (Å²) in [5.74, 6) is 0.670. The van der Waals surface area contributed by atoms with Crippen LogP contribution in [0.1, 0.15) is 6.92 Å². The highest BCUT2D eigenvalue weighted by Crippen LogP contribution is 2.36. The SMILES string of the molecule is CC1Oc2ccc(-c3cn4cc(Br)ccc4n3)cc2N(C)C1=O. The lowest BCUT2D eigenvalue weighted by molar-refractivity contribution is -0.125. The maximum Gasteiger partial charge on any atom is 0.267 e. The summed E-state index contributed by atoms with van der Waals surface area (Å²) in [6, 6.07) is 9.71. The highest BCUT2D eigenvalue weighted by molar-refractivity contribution is 9.10. The molecule has 0 spiro atoms. The Balaban J connectivity index is 1.81. The smallest absolute Gasteiger partial charge is 0.267 e. The van der Waals surface area contributed by atoms with E-state index in [9.17, 15) is 4.79 Å². The fourth-order valence-corrected chi connectivity index (χ4v) is 3.13. The molecule has 0 bridgehead atoms. The van der Waals surface area contributed by atoms with Crippen LogP contribution in [0.25, 0.3) is 16.9 Å². The Bertz CT molecular complexity index is 935. The van der Waals surface area contributed by atoms with E-state index in [2.05, 4.69) is 20.9 Å². The van der Waals surface area contributed by atoms with E-state index in [4.69, 9.17) is 4.74 Å². The van der Waals surface area contributed by atoms with Crippen molar-refractivity contribution in [2.24, 2.45) is 0 Å². The number of likely N-dealkylation sites (N-methyl/N-ethyl adjacent to an activating group) is 1. The average Bonchev–Trinajstić information content (AvgIpc) is 2.95. The van der Waals surface area contributed by atoms with Crippen molar-refractivity contribution in [2.45, 2.75) is 13.0 Å². The van der Waals surface area contributed by atoms with E-state index in [0.29, 0.717) is 0 Å². The van der Waals surface area contributed by atoms with Crippen LogP contribution in [0.15, 0.2) is 47.2 Å². The third-order valence-electron chi connectivity index (χ3n) is 4.01. The molecular formula is C17H14BrN3O2. The number of anilines is 1. The molecule has 0 N–H and O–H groups in total. The van der Waals surface area contributed by atoms with Gasteiger partial charge in [-0.05, 0) is 53.2 Å². The number of ether oxygens (including phenoxy) is 1. The molecule has 3 aromatic rings. The Hall–Kier alpha value is -2.34. The van der Waals surface area contributed by atoms with E-state index in [0.717, 1.165) is 32.8 Å². The molecule has 0 fully saturated rings. The number of imidazole rings is 1. The minimum atomic E-state index is -0.453. The van der Waals surface area contributed by atoms with Crippen LogP contribution in [-0.2, 0) is 4.79 Å². The fourth-order valence-electron chi connectivity index (χ4n) is 2.77. The summed E-state index contributed by atoms with van der Waals surface area (Å²) in [5, 5.41) is 0. The molecule has 1 aliphatic rings. The van der Waals surface area contributed by atoms with Gasteiger partial charge in [0.25, 0.3) is 5.91 Å². The zero-order valence-corrected chi connectivity index (χ0v) is 14.2. The number of fused-ring (bicyclic) bond motifs is 2. The molecule has 1 amide bonds. The van der Waals surface area contributed by atoms with Gasteiger partial charge in [0.15, 0.2) is 6.10 Å². The van der Waals surface area contributed by atoms with Gasteiger partial charge in [0.05, 0.1) is 11.4 Å². The van der Waals surface area contributed by atoms with Crippen LogP contribution in [0, 0.1) is 0 Å². The zero-order chi connectivity index (χ0) is 16.1. The normalized spacial score (nSPS) is 17.3. The van der Waals surface area contributed by atoms with Crippen molar-refractivity contribution < 1.29 is 9.53 Å². The molecule has 0 saturated carbocycles. The van der Waals surface area contributed by atoms with Gasteiger partial charge in [0.2, 0.25) is 0 Å². The molecular weight excluding hydrogens is 358 g/mol. The van der Waals surface area contributed by atoms with E-state index in [-0.39, 0.29) is 5.91 Å². The maximum absolute atomic E-state index is 12.1. The molecule has 1 aromatic carbocycles. The van der Waals surface area contributed by atoms with Crippen LogP contribution in [-0.4, -0.2) is 28.4 Å². The third-order valence-corrected chi connectivity index (χ3v) is 4.48. The monoisotopic (exact) mass is 371 g/mol. The number of carbonyl (C=O) groups excluding carboxylic acids is 1. The lowest BCUT2D eigenvalue weighted by atomic mass is 10.1. The van der Waals surface area contributed by atoms with Gasteiger partial charge in [-0.15, -0.1) is 0 Å². The second-order valence-corrected chi connectivity index (χ2v) is 6.49. The van der Waals surface area contributed by atoms with Crippen molar-refractivity contribution in [3.63, 3.8) is 0 Å². The van der Waals surface area contributed by atoms with E-state index in [1.54, 1.807) is 18.9 Å². The maximum atomic E-state index is 12.1. The Morgan fingerprint density at radius 1 is 1.22 bits per heavy atom. The third kappa shape index (κ3) is 2.30. The Morgan fingerprint density at radius 3 is 2.87 bits per heavy atom. The van der Waals surface area contributed by atoms with Crippen molar-refractivity contribution in [3.05, 3.63) is 47.2 Å². The van der Waals surface area contributed by atoms with Crippen molar-refractivity contribution >= 4 is 33.2 Å². The van der Waals surface area contributed by atoms with Crippen LogP contribution in [0.5, 0.6) is 5.75 Å². The van der Waals surface area contributed by atoms with Crippen LogP contribution < -0.4 is 9.64 Å². The number of hydrogen-bond donors (Lipinski definition) is 0. The van der Waals surface area contributed by atoms with Crippen molar-refractivity contribution in [2.75, 3.05) is 11.9 Å². The zero-order valence-electron chi connectivity index (χ0n) is 12.7. The largest absolute Gasteiger partial charge is 0.479 e. The molecule has 3 heterocycles. The van der Waals surface area contributed by atoms with E-state index >= 15 is 0 Å².